The molecule has 112 valence electrons. The fourth-order valence-electron chi connectivity index (χ4n) is 2.96. The zero-order chi connectivity index (χ0) is 14.6. The van der Waals surface area contributed by atoms with Crippen LogP contribution in [0.1, 0.15) is 52.0 Å². The Morgan fingerprint density at radius 1 is 1.35 bits per heavy atom. The summed E-state index contributed by atoms with van der Waals surface area (Å²) in [6, 6.07) is 8.23. The molecule has 2 N–H and O–H groups in total. The highest BCUT2D eigenvalue weighted by Crippen LogP contribution is 2.34. The largest absolute Gasteiger partial charge is 0.491 e. The Morgan fingerprint density at radius 2 is 2.10 bits per heavy atom. The van der Waals surface area contributed by atoms with Gasteiger partial charge in [0.15, 0.2) is 0 Å². The van der Waals surface area contributed by atoms with Gasteiger partial charge in [-0.2, -0.15) is 0 Å². The monoisotopic (exact) mass is 277 g/mol. The van der Waals surface area contributed by atoms with Crippen molar-refractivity contribution in [1.82, 2.24) is 5.32 Å². The SMILES string of the molecule is CC(C)Oc1ccccc1C(C)(O)CC1CCCCN1. The van der Waals surface area contributed by atoms with Gasteiger partial charge in [-0.3, -0.25) is 0 Å². The van der Waals surface area contributed by atoms with Gasteiger partial charge in [0, 0.05) is 11.6 Å². The third-order valence-corrected chi connectivity index (χ3v) is 3.89. The predicted molar refractivity (Wildman–Crippen MR) is 82.0 cm³/mol. The number of hydrogen-bond donors (Lipinski definition) is 2. The van der Waals surface area contributed by atoms with Crippen LogP contribution in [0.5, 0.6) is 5.75 Å². The molecule has 2 rings (SSSR count). The topological polar surface area (TPSA) is 41.5 Å². The molecule has 1 aromatic rings. The Kier molecular flexibility index (Phi) is 5.06. The average Bonchev–Trinajstić information content (AvgIpc) is 2.39. The van der Waals surface area contributed by atoms with Crippen molar-refractivity contribution in [2.24, 2.45) is 0 Å². The fraction of sp³-hybridized carbons (Fsp3) is 0.647. The summed E-state index contributed by atoms with van der Waals surface area (Å²) in [4.78, 5) is 0. The van der Waals surface area contributed by atoms with E-state index in [4.69, 9.17) is 4.74 Å². The van der Waals surface area contributed by atoms with Crippen molar-refractivity contribution in [3.05, 3.63) is 29.8 Å². The van der Waals surface area contributed by atoms with E-state index in [9.17, 15) is 5.11 Å². The molecule has 3 heteroatoms. The molecule has 1 aromatic carbocycles. The first kappa shape index (κ1) is 15.3. The van der Waals surface area contributed by atoms with Crippen molar-refractivity contribution in [2.75, 3.05) is 6.54 Å². The van der Waals surface area contributed by atoms with E-state index in [0.29, 0.717) is 6.04 Å². The molecule has 0 aliphatic carbocycles. The van der Waals surface area contributed by atoms with Crippen LogP contribution >= 0.6 is 0 Å². The van der Waals surface area contributed by atoms with Crippen LogP contribution in [0.15, 0.2) is 24.3 Å². The van der Waals surface area contributed by atoms with Gasteiger partial charge < -0.3 is 15.2 Å². The second-order valence-electron chi connectivity index (χ2n) is 6.29. The second-order valence-corrected chi connectivity index (χ2v) is 6.29. The van der Waals surface area contributed by atoms with E-state index in [-0.39, 0.29) is 6.10 Å². The molecular formula is C17H27NO2. The Bertz CT molecular complexity index is 423. The van der Waals surface area contributed by atoms with Crippen LogP contribution in [0.4, 0.5) is 0 Å². The van der Waals surface area contributed by atoms with Crippen LogP contribution < -0.4 is 10.1 Å². The first-order valence-corrected chi connectivity index (χ1v) is 7.71. The van der Waals surface area contributed by atoms with Crippen LogP contribution in [0.25, 0.3) is 0 Å². The molecule has 2 unspecified atom stereocenters. The van der Waals surface area contributed by atoms with E-state index in [1.165, 1.54) is 12.8 Å². The summed E-state index contributed by atoms with van der Waals surface area (Å²) >= 11 is 0. The van der Waals surface area contributed by atoms with Crippen LogP contribution in [0, 0.1) is 0 Å². The molecule has 1 saturated heterocycles. The minimum absolute atomic E-state index is 0.111. The Labute approximate surface area is 122 Å². The molecule has 0 saturated carbocycles. The fourth-order valence-corrected chi connectivity index (χ4v) is 2.96. The van der Waals surface area contributed by atoms with E-state index >= 15 is 0 Å². The second kappa shape index (κ2) is 6.59. The van der Waals surface area contributed by atoms with Gasteiger partial charge in [0.2, 0.25) is 0 Å². The summed E-state index contributed by atoms with van der Waals surface area (Å²) in [5, 5.41) is 14.4. The number of piperidine rings is 1. The highest BCUT2D eigenvalue weighted by atomic mass is 16.5. The summed E-state index contributed by atoms with van der Waals surface area (Å²) in [6.45, 7) is 6.97. The van der Waals surface area contributed by atoms with Crippen LogP contribution in [-0.4, -0.2) is 23.8 Å². The van der Waals surface area contributed by atoms with Gasteiger partial charge >= 0.3 is 0 Å². The lowest BCUT2D eigenvalue weighted by Crippen LogP contribution is -2.40. The Hall–Kier alpha value is -1.06. The molecule has 0 bridgehead atoms. The highest BCUT2D eigenvalue weighted by molar-refractivity contribution is 5.38. The molecule has 3 nitrogen and oxygen atoms in total. The van der Waals surface area contributed by atoms with Gasteiger partial charge in [-0.15, -0.1) is 0 Å². The zero-order valence-corrected chi connectivity index (χ0v) is 12.9. The number of rotatable bonds is 5. The Balaban J connectivity index is 2.15. The first-order chi connectivity index (χ1) is 9.49. The molecule has 1 fully saturated rings. The van der Waals surface area contributed by atoms with E-state index in [1.54, 1.807) is 0 Å². The number of aliphatic hydroxyl groups is 1. The summed E-state index contributed by atoms with van der Waals surface area (Å²) in [5.74, 6) is 0.795. The van der Waals surface area contributed by atoms with Crippen molar-refractivity contribution < 1.29 is 9.84 Å². The molecule has 0 spiro atoms. The number of para-hydroxylation sites is 1. The minimum atomic E-state index is -0.861. The third kappa shape index (κ3) is 3.97. The third-order valence-electron chi connectivity index (χ3n) is 3.89. The quantitative estimate of drug-likeness (QED) is 0.868. The summed E-state index contributed by atoms with van der Waals surface area (Å²) < 4.78 is 5.84. The lowest BCUT2D eigenvalue weighted by Gasteiger charge is -2.33. The molecule has 0 radical (unpaired) electrons. The van der Waals surface area contributed by atoms with E-state index in [2.05, 4.69) is 5.32 Å². The van der Waals surface area contributed by atoms with Crippen molar-refractivity contribution in [1.29, 1.82) is 0 Å². The van der Waals surface area contributed by atoms with Gasteiger partial charge in [0.1, 0.15) is 5.75 Å². The van der Waals surface area contributed by atoms with Crippen LogP contribution in [0.3, 0.4) is 0 Å². The number of ether oxygens (including phenoxy) is 1. The molecule has 20 heavy (non-hydrogen) atoms. The van der Waals surface area contributed by atoms with Gasteiger partial charge in [-0.1, -0.05) is 24.6 Å². The molecular weight excluding hydrogens is 250 g/mol. The first-order valence-electron chi connectivity index (χ1n) is 7.71. The smallest absolute Gasteiger partial charge is 0.125 e. The maximum absolute atomic E-state index is 10.9. The molecule has 0 amide bonds. The van der Waals surface area contributed by atoms with Crippen molar-refractivity contribution in [3.8, 4) is 5.75 Å². The highest BCUT2D eigenvalue weighted by Gasteiger charge is 2.30. The molecule has 2 atom stereocenters. The molecule has 0 aromatic heterocycles. The molecule has 1 aliphatic rings. The van der Waals surface area contributed by atoms with Crippen molar-refractivity contribution >= 4 is 0 Å². The van der Waals surface area contributed by atoms with Crippen molar-refractivity contribution in [2.45, 2.75) is 64.2 Å². The van der Waals surface area contributed by atoms with Gasteiger partial charge in [0.25, 0.3) is 0 Å². The average molecular weight is 277 g/mol. The van der Waals surface area contributed by atoms with E-state index < -0.39 is 5.60 Å². The van der Waals surface area contributed by atoms with E-state index in [1.807, 2.05) is 45.0 Å². The summed E-state index contributed by atoms with van der Waals surface area (Å²) in [6.07, 6.45) is 4.47. The number of benzene rings is 1. The van der Waals surface area contributed by atoms with Crippen LogP contribution in [0.2, 0.25) is 0 Å². The maximum atomic E-state index is 10.9. The van der Waals surface area contributed by atoms with Gasteiger partial charge in [0.05, 0.1) is 11.7 Å². The minimum Gasteiger partial charge on any atom is -0.491 e. The lowest BCUT2D eigenvalue weighted by molar-refractivity contribution is 0.0295. The predicted octanol–water partition coefficient (Wildman–Crippen LogP) is 3.21. The summed E-state index contributed by atoms with van der Waals surface area (Å²) in [7, 11) is 0. The Morgan fingerprint density at radius 3 is 2.75 bits per heavy atom. The normalized spacial score (nSPS) is 22.6. The molecule has 1 heterocycles. The lowest BCUT2D eigenvalue weighted by atomic mass is 9.86. The standard InChI is InChI=1S/C17H27NO2/c1-13(2)20-16-10-5-4-9-15(16)17(3,19)12-14-8-6-7-11-18-14/h4-5,9-10,13-14,18-19H,6-8,11-12H2,1-3H3. The van der Waals surface area contributed by atoms with Crippen LogP contribution in [-0.2, 0) is 5.60 Å². The molecule has 1 aliphatic heterocycles. The van der Waals surface area contributed by atoms with Gasteiger partial charge in [-0.25, -0.2) is 0 Å². The van der Waals surface area contributed by atoms with E-state index in [0.717, 1.165) is 30.7 Å². The number of nitrogens with one attached hydrogen (secondary N) is 1. The maximum Gasteiger partial charge on any atom is 0.125 e. The summed E-state index contributed by atoms with van der Waals surface area (Å²) in [5.41, 5.74) is 0.0293. The zero-order valence-electron chi connectivity index (χ0n) is 12.9. The number of hydrogen-bond acceptors (Lipinski definition) is 3. The van der Waals surface area contributed by atoms with Crippen molar-refractivity contribution in [3.63, 3.8) is 0 Å². The van der Waals surface area contributed by atoms with Gasteiger partial charge in [-0.05, 0) is 52.6 Å².